The van der Waals surface area contributed by atoms with Gasteiger partial charge < -0.3 is 14.9 Å². The number of piperazine rings is 1. The lowest BCUT2D eigenvalue weighted by Gasteiger charge is -2.35. The number of hydrogen-bond acceptors (Lipinski definition) is 6. The van der Waals surface area contributed by atoms with E-state index >= 15 is 0 Å². The molecule has 3 heterocycles. The van der Waals surface area contributed by atoms with Crippen molar-refractivity contribution < 1.29 is 9.90 Å². The third-order valence-corrected chi connectivity index (χ3v) is 6.17. The van der Waals surface area contributed by atoms with Crippen LogP contribution in [0.5, 0.6) is 5.75 Å². The van der Waals surface area contributed by atoms with E-state index in [-0.39, 0.29) is 17.5 Å². The average Bonchev–Trinajstić information content (AvgIpc) is 3.49. The Morgan fingerprint density at radius 1 is 0.903 bits per heavy atom. The van der Waals surface area contributed by atoms with Crippen molar-refractivity contribution in [2.45, 2.75) is 0 Å². The number of thiophene rings is 1. The van der Waals surface area contributed by atoms with Crippen LogP contribution in [0.1, 0.15) is 10.6 Å². The van der Waals surface area contributed by atoms with Gasteiger partial charge in [0.1, 0.15) is 5.75 Å². The Kier molecular flexibility index (Phi) is 5.13. The standard InChI is InChI=1S/C23H21N5O2S/c29-19-9-4-8-18(16-19)26-11-13-27(14-12-26)23(30)21-24-22(20-10-5-15-31-20)28(25-21)17-6-2-1-3-7-17/h1-10,15-16,29H,11-14H2. The molecule has 0 aliphatic carbocycles. The molecule has 31 heavy (non-hydrogen) atoms. The van der Waals surface area contributed by atoms with Crippen LogP contribution < -0.4 is 4.90 Å². The van der Waals surface area contributed by atoms with Crippen LogP contribution in [0.2, 0.25) is 0 Å². The summed E-state index contributed by atoms with van der Waals surface area (Å²) >= 11 is 1.57. The Bertz CT molecular complexity index is 1180. The summed E-state index contributed by atoms with van der Waals surface area (Å²) in [5.74, 6) is 0.955. The fourth-order valence-electron chi connectivity index (χ4n) is 3.72. The number of aromatic nitrogens is 3. The van der Waals surface area contributed by atoms with Crippen molar-refractivity contribution in [1.82, 2.24) is 19.7 Å². The lowest BCUT2D eigenvalue weighted by atomic mass is 10.2. The minimum absolute atomic E-state index is 0.164. The van der Waals surface area contributed by atoms with E-state index in [2.05, 4.69) is 15.0 Å². The zero-order valence-corrected chi connectivity index (χ0v) is 17.6. The Labute approximate surface area is 183 Å². The Hall–Kier alpha value is -3.65. The second-order valence-corrected chi connectivity index (χ2v) is 8.23. The summed E-state index contributed by atoms with van der Waals surface area (Å²) in [7, 11) is 0. The molecule has 0 spiro atoms. The van der Waals surface area contributed by atoms with E-state index < -0.39 is 0 Å². The predicted octanol–water partition coefficient (Wildman–Crippen LogP) is 3.66. The van der Waals surface area contributed by atoms with Crippen molar-refractivity contribution in [1.29, 1.82) is 0 Å². The number of anilines is 1. The maximum Gasteiger partial charge on any atom is 0.293 e. The van der Waals surface area contributed by atoms with Gasteiger partial charge in [-0.05, 0) is 35.7 Å². The summed E-state index contributed by atoms with van der Waals surface area (Å²) < 4.78 is 1.74. The van der Waals surface area contributed by atoms with Crippen LogP contribution in [0.4, 0.5) is 5.69 Å². The molecule has 0 saturated carbocycles. The van der Waals surface area contributed by atoms with Crippen LogP contribution in [0.15, 0.2) is 72.1 Å². The van der Waals surface area contributed by atoms with Crippen LogP contribution in [0.3, 0.4) is 0 Å². The number of rotatable bonds is 4. The quantitative estimate of drug-likeness (QED) is 0.534. The van der Waals surface area contributed by atoms with Gasteiger partial charge in [0, 0.05) is 37.9 Å². The minimum Gasteiger partial charge on any atom is -0.508 e. The number of carbonyl (C=O) groups excluding carboxylic acids is 1. The lowest BCUT2D eigenvalue weighted by molar-refractivity contribution is 0.0734. The lowest BCUT2D eigenvalue weighted by Crippen LogP contribution is -2.49. The largest absolute Gasteiger partial charge is 0.508 e. The number of carbonyl (C=O) groups is 1. The maximum absolute atomic E-state index is 13.2. The number of amides is 1. The van der Waals surface area contributed by atoms with Crippen LogP contribution in [-0.4, -0.2) is 56.9 Å². The first-order valence-electron chi connectivity index (χ1n) is 10.1. The van der Waals surface area contributed by atoms with E-state index in [1.165, 1.54) is 0 Å². The van der Waals surface area contributed by atoms with E-state index in [9.17, 15) is 9.90 Å². The van der Waals surface area contributed by atoms with Gasteiger partial charge in [0.15, 0.2) is 5.82 Å². The Morgan fingerprint density at radius 2 is 1.68 bits per heavy atom. The molecule has 156 valence electrons. The van der Waals surface area contributed by atoms with Crippen molar-refractivity contribution in [3.8, 4) is 22.1 Å². The highest BCUT2D eigenvalue weighted by molar-refractivity contribution is 7.13. The van der Waals surface area contributed by atoms with Crippen molar-refractivity contribution >= 4 is 22.9 Å². The topological polar surface area (TPSA) is 74.5 Å². The smallest absolute Gasteiger partial charge is 0.293 e. The Morgan fingerprint density at radius 3 is 2.39 bits per heavy atom. The molecule has 2 aromatic heterocycles. The zero-order chi connectivity index (χ0) is 21.2. The maximum atomic E-state index is 13.2. The highest BCUT2D eigenvalue weighted by atomic mass is 32.1. The number of phenols is 1. The number of hydrogen-bond donors (Lipinski definition) is 1. The van der Waals surface area contributed by atoms with Crippen molar-refractivity contribution in [3.05, 3.63) is 77.9 Å². The molecule has 0 atom stereocenters. The highest BCUT2D eigenvalue weighted by Crippen LogP contribution is 2.26. The van der Waals surface area contributed by atoms with Gasteiger partial charge >= 0.3 is 0 Å². The van der Waals surface area contributed by atoms with Gasteiger partial charge in [0.05, 0.1) is 10.6 Å². The molecule has 0 unspecified atom stereocenters. The molecule has 4 aromatic rings. The fourth-order valence-corrected chi connectivity index (χ4v) is 4.41. The first-order valence-corrected chi connectivity index (χ1v) is 11.0. The molecular weight excluding hydrogens is 410 g/mol. The summed E-state index contributed by atoms with van der Waals surface area (Å²) in [6.07, 6.45) is 0. The van der Waals surface area contributed by atoms with Gasteiger partial charge in [0.25, 0.3) is 5.91 Å². The summed E-state index contributed by atoms with van der Waals surface area (Å²) in [5, 5.41) is 16.3. The number of para-hydroxylation sites is 1. The van der Waals surface area contributed by atoms with Crippen molar-refractivity contribution in [2.24, 2.45) is 0 Å². The second kappa shape index (κ2) is 8.23. The van der Waals surface area contributed by atoms with Crippen LogP contribution in [0, 0.1) is 0 Å². The van der Waals surface area contributed by atoms with Gasteiger partial charge in [-0.15, -0.1) is 16.4 Å². The van der Waals surface area contributed by atoms with E-state index in [0.29, 0.717) is 32.0 Å². The van der Waals surface area contributed by atoms with E-state index in [1.807, 2.05) is 60.0 Å². The summed E-state index contributed by atoms with van der Waals surface area (Å²) in [5.41, 5.74) is 1.82. The molecule has 7 nitrogen and oxygen atoms in total. The zero-order valence-electron chi connectivity index (χ0n) is 16.8. The van der Waals surface area contributed by atoms with E-state index in [0.717, 1.165) is 16.3 Å². The predicted molar refractivity (Wildman–Crippen MR) is 121 cm³/mol. The van der Waals surface area contributed by atoms with Crippen LogP contribution in [-0.2, 0) is 0 Å². The van der Waals surface area contributed by atoms with E-state index in [1.54, 1.807) is 33.1 Å². The third-order valence-electron chi connectivity index (χ3n) is 5.30. The number of nitrogens with zero attached hydrogens (tertiary/aromatic N) is 5. The Balaban J connectivity index is 1.38. The average molecular weight is 432 g/mol. The van der Waals surface area contributed by atoms with Gasteiger partial charge in [-0.3, -0.25) is 4.79 Å². The molecular formula is C23H21N5O2S. The van der Waals surface area contributed by atoms with Gasteiger partial charge in [0.2, 0.25) is 5.82 Å². The first-order chi connectivity index (χ1) is 15.2. The summed E-state index contributed by atoms with van der Waals surface area (Å²) in [6.45, 7) is 2.52. The normalized spacial score (nSPS) is 14.1. The minimum atomic E-state index is -0.164. The molecule has 1 amide bonds. The summed E-state index contributed by atoms with van der Waals surface area (Å²) in [6, 6.07) is 20.9. The third kappa shape index (κ3) is 3.89. The first kappa shape index (κ1) is 19.3. The molecule has 0 bridgehead atoms. The fraction of sp³-hybridized carbons (Fsp3) is 0.174. The molecule has 1 N–H and O–H groups in total. The number of aromatic hydroxyl groups is 1. The molecule has 5 rings (SSSR count). The SMILES string of the molecule is O=C(c1nc(-c2cccs2)n(-c2ccccc2)n1)N1CCN(c2cccc(O)c2)CC1. The molecule has 0 radical (unpaired) electrons. The number of benzene rings is 2. The highest BCUT2D eigenvalue weighted by Gasteiger charge is 2.27. The van der Waals surface area contributed by atoms with Gasteiger partial charge in [-0.1, -0.05) is 30.3 Å². The molecule has 2 aromatic carbocycles. The summed E-state index contributed by atoms with van der Waals surface area (Å²) in [4.78, 5) is 22.7. The van der Waals surface area contributed by atoms with Crippen molar-refractivity contribution in [3.63, 3.8) is 0 Å². The number of phenolic OH excluding ortho intramolecular Hbond substituents is 1. The van der Waals surface area contributed by atoms with E-state index in [4.69, 9.17) is 0 Å². The molecule has 1 saturated heterocycles. The monoisotopic (exact) mass is 431 g/mol. The van der Waals surface area contributed by atoms with Crippen molar-refractivity contribution in [2.75, 3.05) is 31.1 Å². The molecule has 8 heteroatoms. The van der Waals surface area contributed by atoms with Crippen LogP contribution >= 0.6 is 11.3 Å². The van der Waals surface area contributed by atoms with Gasteiger partial charge in [-0.2, -0.15) is 0 Å². The molecule has 1 fully saturated rings. The second-order valence-electron chi connectivity index (χ2n) is 7.28. The van der Waals surface area contributed by atoms with Gasteiger partial charge in [-0.25, -0.2) is 9.67 Å². The molecule has 1 aliphatic heterocycles. The molecule has 1 aliphatic rings. The van der Waals surface area contributed by atoms with Crippen LogP contribution in [0.25, 0.3) is 16.4 Å².